The zero-order chi connectivity index (χ0) is 22.8. The number of nitrogens with one attached hydrogen (secondary N) is 2. The van der Waals surface area contributed by atoms with Crippen molar-refractivity contribution in [1.29, 1.82) is 0 Å². The lowest BCUT2D eigenvalue weighted by molar-refractivity contribution is -0.145. The van der Waals surface area contributed by atoms with Crippen LogP contribution in [0.3, 0.4) is 0 Å². The van der Waals surface area contributed by atoms with Crippen LogP contribution in [0.1, 0.15) is 30.0 Å². The van der Waals surface area contributed by atoms with Crippen LogP contribution in [0.2, 0.25) is 0 Å². The molecule has 3 aromatic heterocycles. The molecule has 0 aliphatic heterocycles. The summed E-state index contributed by atoms with van der Waals surface area (Å²) < 4.78 is 78.6. The number of pyridine rings is 1. The third-order valence-electron chi connectivity index (χ3n) is 3.74. The van der Waals surface area contributed by atoms with E-state index in [2.05, 4.69) is 30.4 Å². The number of hydrogen-bond acceptors (Lipinski definition) is 6. The highest BCUT2D eigenvalue weighted by molar-refractivity contribution is 5.88. The number of halogens is 6. The van der Waals surface area contributed by atoms with E-state index in [-0.39, 0.29) is 17.8 Å². The number of carbonyl (C=O) groups is 1. The van der Waals surface area contributed by atoms with Gasteiger partial charge in [0.15, 0.2) is 5.82 Å². The predicted molar refractivity (Wildman–Crippen MR) is 91.8 cm³/mol. The molecule has 0 aliphatic rings. The Kier molecular flexibility index (Phi) is 5.77. The molecule has 1 atom stereocenters. The Morgan fingerprint density at radius 3 is 2.32 bits per heavy atom. The van der Waals surface area contributed by atoms with Crippen LogP contribution in [0.15, 0.2) is 36.9 Å². The molecular formula is C16H12F6N8O. The van der Waals surface area contributed by atoms with Crippen LogP contribution in [0.4, 0.5) is 37.0 Å². The number of alkyl halides is 6. The summed E-state index contributed by atoms with van der Waals surface area (Å²) >= 11 is 0. The van der Waals surface area contributed by atoms with Crippen molar-refractivity contribution in [3.63, 3.8) is 0 Å². The van der Waals surface area contributed by atoms with Crippen LogP contribution in [0.5, 0.6) is 0 Å². The van der Waals surface area contributed by atoms with E-state index < -0.39 is 41.5 Å². The Hall–Kier alpha value is -3.78. The first-order valence-corrected chi connectivity index (χ1v) is 8.36. The third-order valence-corrected chi connectivity index (χ3v) is 3.74. The van der Waals surface area contributed by atoms with E-state index in [1.54, 1.807) is 6.07 Å². The number of amides is 2. The fourth-order valence-corrected chi connectivity index (χ4v) is 2.42. The highest BCUT2D eigenvalue weighted by atomic mass is 19.4. The van der Waals surface area contributed by atoms with Gasteiger partial charge in [-0.05, 0) is 25.1 Å². The maximum absolute atomic E-state index is 12.9. The number of rotatable bonds is 4. The minimum atomic E-state index is -5.15. The summed E-state index contributed by atoms with van der Waals surface area (Å²) in [6, 6.07) is -0.282. The first kappa shape index (κ1) is 21.9. The second-order valence-corrected chi connectivity index (χ2v) is 6.02. The zero-order valence-electron chi connectivity index (χ0n) is 15.4. The van der Waals surface area contributed by atoms with Gasteiger partial charge in [-0.1, -0.05) is 0 Å². The van der Waals surface area contributed by atoms with Gasteiger partial charge in [-0.3, -0.25) is 5.32 Å². The van der Waals surface area contributed by atoms with E-state index in [1.165, 1.54) is 24.0 Å². The molecule has 0 aliphatic carbocycles. The smallest absolute Gasteiger partial charge is 0.328 e. The number of anilines is 1. The highest BCUT2D eigenvalue weighted by Gasteiger charge is 2.38. The number of urea groups is 1. The summed E-state index contributed by atoms with van der Waals surface area (Å²) in [5, 5.41) is 8.12. The van der Waals surface area contributed by atoms with Crippen LogP contribution < -0.4 is 10.6 Å². The molecule has 0 spiro atoms. The maximum Gasteiger partial charge on any atom is 0.433 e. The van der Waals surface area contributed by atoms with Gasteiger partial charge in [-0.25, -0.2) is 24.7 Å². The summed E-state index contributed by atoms with van der Waals surface area (Å²) in [5.41, 5.74) is -3.41. The van der Waals surface area contributed by atoms with Gasteiger partial charge in [-0.15, -0.1) is 0 Å². The molecule has 15 heteroatoms. The Labute approximate surface area is 169 Å². The van der Waals surface area contributed by atoms with Crippen molar-refractivity contribution >= 4 is 11.8 Å². The van der Waals surface area contributed by atoms with Gasteiger partial charge in [0.25, 0.3) is 5.95 Å². The van der Waals surface area contributed by atoms with E-state index >= 15 is 0 Å². The molecule has 2 N–H and O–H groups in total. The van der Waals surface area contributed by atoms with Gasteiger partial charge in [0.05, 0.1) is 11.6 Å². The van der Waals surface area contributed by atoms with Crippen LogP contribution in [-0.2, 0) is 12.4 Å². The summed E-state index contributed by atoms with van der Waals surface area (Å²) in [7, 11) is 0. The van der Waals surface area contributed by atoms with E-state index in [0.29, 0.717) is 6.07 Å². The van der Waals surface area contributed by atoms with Crippen LogP contribution >= 0.6 is 0 Å². The van der Waals surface area contributed by atoms with Crippen LogP contribution in [0, 0.1) is 0 Å². The van der Waals surface area contributed by atoms with Gasteiger partial charge in [-0.2, -0.15) is 36.1 Å². The summed E-state index contributed by atoms with van der Waals surface area (Å²) in [6.45, 7) is 1.46. The largest absolute Gasteiger partial charge is 0.433 e. The maximum atomic E-state index is 12.9. The molecule has 1 unspecified atom stereocenters. The van der Waals surface area contributed by atoms with Crippen molar-refractivity contribution in [2.24, 2.45) is 0 Å². The molecule has 3 aromatic rings. The molecule has 0 saturated heterocycles. The molecule has 3 rings (SSSR count). The molecule has 0 saturated carbocycles. The van der Waals surface area contributed by atoms with E-state index in [1.807, 2.05) is 5.32 Å². The topological polar surface area (TPSA) is 111 Å². The summed E-state index contributed by atoms with van der Waals surface area (Å²) in [4.78, 5) is 27.1. The third kappa shape index (κ3) is 5.23. The molecule has 31 heavy (non-hydrogen) atoms. The first-order valence-electron chi connectivity index (χ1n) is 8.36. The SMILES string of the molecule is CC(NC(=O)Nc1cc(C(F)(F)F)cc(C(F)(F)F)n1)c1ncnn1-c1ncccn1. The molecule has 0 aromatic carbocycles. The van der Waals surface area contributed by atoms with Crippen molar-refractivity contribution in [1.82, 2.24) is 35.0 Å². The highest BCUT2D eigenvalue weighted by Crippen LogP contribution is 2.35. The first-order chi connectivity index (χ1) is 14.4. The fourth-order valence-electron chi connectivity index (χ4n) is 2.42. The molecule has 0 radical (unpaired) electrons. The van der Waals surface area contributed by atoms with Gasteiger partial charge < -0.3 is 5.32 Å². The predicted octanol–water partition coefficient (Wildman–Crippen LogP) is 3.37. The molecule has 0 fully saturated rings. The zero-order valence-corrected chi connectivity index (χ0v) is 15.4. The molecule has 164 valence electrons. The second kappa shape index (κ2) is 8.16. The lowest BCUT2D eigenvalue weighted by Crippen LogP contribution is -2.33. The Morgan fingerprint density at radius 1 is 1.03 bits per heavy atom. The average Bonchev–Trinajstić information content (AvgIpc) is 3.17. The quantitative estimate of drug-likeness (QED) is 0.595. The molecule has 0 bridgehead atoms. The van der Waals surface area contributed by atoms with Crippen LogP contribution in [0.25, 0.3) is 5.95 Å². The Bertz CT molecular complexity index is 1030. The van der Waals surface area contributed by atoms with Crippen molar-refractivity contribution in [3.8, 4) is 5.95 Å². The molecular weight excluding hydrogens is 434 g/mol. The Morgan fingerprint density at radius 2 is 1.71 bits per heavy atom. The normalized spacial score (nSPS) is 13.0. The number of aromatic nitrogens is 6. The molecule has 2 amide bonds. The molecule has 9 nitrogen and oxygen atoms in total. The van der Waals surface area contributed by atoms with Crippen molar-refractivity contribution in [2.75, 3.05) is 5.32 Å². The second-order valence-electron chi connectivity index (χ2n) is 6.02. The lowest BCUT2D eigenvalue weighted by Gasteiger charge is -2.16. The van der Waals surface area contributed by atoms with Crippen molar-refractivity contribution in [2.45, 2.75) is 25.3 Å². The van der Waals surface area contributed by atoms with Gasteiger partial charge in [0.1, 0.15) is 17.8 Å². The van der Waals surface area contributed by atoms with E-state index in [0.717, 1.165) is 6.33 Å². The Balaban J connectivity index is 1.79. The van der Waals surface area contributed by atoms with Crippen LogP contribution in [-0.4, -0.2) is 35.7 Å². The van der Waals surface area contributed by atoms with Gasteiger partial charge in [0, 0.05) is 12.4 Å². The summed E-state index contributed by atoms with van der Waals surface area (Å²) in [5.74, 6) is -0.632. The number of carbonyl (C=O) groups excluding carboxylic acids is 1. The fraction of sp³-hybridized carbons (Fsp3) is 0.250. The van der Waals surface area contributed by atoms with Crippen molar-refractivity contribution in [3.05, 3.63) is 54.0 Å². The summed E-state index contributed by atoms with van der Waals surface area (Å²) in [6.07, 6.45) is -6.18. The van der Waals surface area contributed by atoms with Gasteiger partial charge in [0.2, 0.25) is 0 Å². The average molecular weight is 446 g/mol. The van der Waals surface area contributed by atoms with Crippen molar-refractivity contribution < 1.29 is 31.1 Å². The number of hydrogen-bond donors (Lipinski definition) is 2. The lowest BCUT2D eigenvalue weighted by atomic mass is 10.2. The van der Waals surface area contributed by atoms with E-state index in [4.69, 9.17) is 0 Å². The number of nitrogens with zero attached hydrogens (tertiary/aromatic N) is 6. The molecule has 3 heterocycles. The minimum Gasteiger partial charge on any atom is -0.328 e. The monoisotopic (exact) mass is 446 g/mol. The van der Waals surface area contributed by atoms with E-state index in [9.17, 15) is 31.1 Å². The minimum absolute atomic E-state index is 0.137. The standard InChI is InChI=1S/C16H12F6N8O/c1-8(12-25-7-26-30(12)13-23-3-2-4-24-13)27-14(31)29-11-6-9(15(17,18)19)5-10(28-11)16(20,21)22/h2-8H,1H3,(H2,27,28,29,31). The van der Waals surface area contributed by atoms with Gasteiger partial charge >= 0.3 is 18.4 Å².